The molecule has 0 bridgehead atoms. The quantitative estimate of drug-likeness (QED) is 0.841. The number of nitrogens with zero attached hydrogens (tertiary/aromatic N) is 5. The highest BCUT2D eigenvalue weighted by Crippen LogP contribution is 2.26. The highest BCUT2D eigenvalue weighted by atomic mass is 16.5. The van der Waals surface area contributed by atoms with Crippen molar-refractivity contribution < 1.29 is 9.53 Å². The molecule has 1 aliphatic heterocycles. The van der Waals surface area contributed by atoms with Crippen LogP contribution in [0.1, 0.15) is 18.5 Å². The molecule has 3 heterocycles. The van der Waals surface area contributed by atoms with Crippen molar-refractivity contribution in [2.24, 2.45) is 13.0 Å². The fraction of sp³-hybridized carbons (Fsp3) is 0.529. The Morgan fingerprint density at radius 1 is 1.38 bits per heavy atom. The number of hydrogen-bond donors (Lipinski definition) is 2. The second-order valence-corrected chi connectivity index (χ2v) is 6.43. The SMILES string of the molecule is COc1nn(C)c(C)c1NC(=O)NCC1CCCN(c2ncccn2)C1. The van der Waals surface area contributed by atoms with Crippen molar-refractivity contribution in [3.63, 3.8) is 0 Å². The molecular formula is C17H25N7O2. The molecule has 1 fully saturated rings. The van der Waals surface area contributed by atoms with E-state index in [0.29, 0.717) is 24.0 Å². The van der Waals surface area contributed by atoms with Gasteiger partial charge in [-0.2, -0.15) is 0 Å². The van der Waals surface area contributed by atoms with Crippen LogP contribution in [0.15, 0.2) is 18.5 Å². The predicted molar refractivity (Wildman–Crippen MR) is 98.5 cm³/mol. The van der Waals surface area contributed by atoms with Gasteiger partial charge < -0.3 is 20.3 Å². The van der Waals surface area contributed by atoms with E-state index in [1.807, 2.05) is 20.0 Å². The predicted octanol–water partition coefficient (Wildman–Crippen LogP) is 1.57. The summed E-state index contributed by atoms with van der Waals surface area (Å²) in [7, 11) is 3.34. The maximum atomic E-state index is 12.3. The smallest absolute Gasteiger partial charge is 0.319 e. The molecule has 2 aromatic rings. The van der Waals surface area contributed by atoms with Crippen LogP contribution in [0.5, 0.6) is 5.88 Å². The van der Waals surface area contributed by atoms with Crippen molar-refractivity contribution in [3.05, 3.63) is 24.2 Å². The summed E-state index contributed by atoms with van der Waals surface area (Å²) in [4.78, 5) is 23.1. The van der Waals surface area contributed by atoms with E-state index in [1.54, 1.807) is 17.1 Å². The second kappa shape index (κ2) is 8.03. The molecule has 2 amide bonds. The van der Waals surface area contributed by atoms with E-state index in [-0.39, 0.29) is 6.03 Å². The molecule has 0 saturated carbocycles. The Hall–Kier alpha value is -2.84. The summed E-state index contributed by atoms with van der Waals surface area (Å²) in [6.07, 6.45) is 5.63. The zero-order valence-electron chi connectivity index (χ0n) is 15.4. The molecule has 3 rings (SSSR count). The summed E-state index contributed by atoms with van der Waals surface area (Å²) in [5.41, 5.74) is 1.43. The lowest BCUT2D eigenvalue weighted by Crippen LogP contribution is -2.42. The van der Waals surface area contributed by atoms with Crippen LogP contribution < -0.4 is 20.3 Å². The summed E-state index contributed by atoms with van der Waals surface area (Å²) < 4.78 is 6.88. The van der Waals surface area contributed by atoms with Crippen molar-refractivity contribution in [2.75, 3.05) is 37.0 Å². The summed E-state index contributed by atoms with van der Waals surface area (Å²) >= 11 is 0. The maximum absolute atomic E-state index is 12.3. The van der Waals surface area contributed by atoms with Gasteiger partial charge in [0.2, 0.25) is 5.95 Å². The minimum absolute atomic E-state index is 0.257. The van der Waals surface area contributed by atoms with Gasteiger partial charge in [-0.25, -0.2) is 14.8 Å². The van der Waals surface area contributed by atoms with Gasteiger partial charge >= 0.3 is 6.03 Å². The number of nitrogens with one attached hydrogen (secondary N) is 2. The summed E-state index contributed by atoms with van der Waals surface area (Å²) in [6, 6.07) is 1.55. The number of anilines is 2. The number of carbonyl (C=O) groups is 1. The number of aromatic nitrogens is 4. The number of urea groups is 1. The van der Waals surface area contributed by atoms with Crippen LogP contribution in [-0.2, 0) is 7.05 Å². The van der Waals surface area contributed by atoms with Crippen LogP contribution in [0.25, 0.3) is 0 Å². The van der Waals surface area contributed by atoms with E-state index in [2.05, 4.69) is 30.6 Å². The number of aryl methyl sites for hydroxylation is 1. The topological polar surface area (TPSA) is 97.2 Å². The third-order valence-electron chi connectivity index (χ3n) is 4.64. The minimum Gasteiger partial charge on any atom is -0.478 e. The monoisotopic (exact) mass is 359 g/mol. The molecule has 1 aliphatic rings. The number of carbonyl (C=O) groups excluding carboxylic acids is 1. The van der Waals surface area contributed by atoms with E-state index in [4.69, 9.17) is 4.74 Å². The van der Waals surface area contributed by atoms with Crippen molar-refractivity contribution in [1.29, 1.82) is 0 Å². The molecule has 2 N–H and O–H groups in total. The second-order valence-electron chi connectivity index (χ2n) is 6.43. The molecular weight excluding hydrogens is 334 g/mol. The zero-order chi connectivity index (χ0) is 18.5. The van der Waals surface area contributed by atoms with Gasteiger partial charge in [-0.05, 0) is 31.7 Å². The van der Waals surface area contributed by atoms with Crippen molar-refractivity contribution in [3.8, 4) is 5.88 Å². The Bertz CT molecular complexity index is 747. The maximum Gasteiger partial charge on any atom is 0.319 e. The summed E-state index contributed by atoms with van der Waals surface area (Å²) in [5.74, 6) is 1.51. The first kappa shape index (κ1) is 18.0. The third kappa shape index (κ3) is 4.04. The van der Waals surface area contributed by atoms with Gasteiger partial charge in [0.15, 0.2) is 0 Å². The number of methoxy groups -OCH3 is 1. The van der Waals surface area contributed by atoms with Gasteiger partial charge in [-0.15, -0.1) is 5.10 Å². The largest absolute Gasteiger partial charge is 0.478 e. The Morgan fingerprint density at radius 2 is 2.15 bits per heavy atom. The molecule has 0 aromatic carbocycles. The van der Waals surface area contributed by atoms with Crippen LogP contribution in [0.4, 0.5) is 16.4 Å². The van der Waals surface area contributed by atoms with Crippen LogP contribution >= 0.6 is 0 Å². The van der Waals surface area contributed by atoms with Crippen LogP contribution in [-0.4, -0.2) is 52.5 Å². The molecule has 1 unspecified atom stereocenters. The molecule has 0 spiro atoms. The molecule has 1 saturated heterocycles. The van der Waals surface area contributed by atoms with E-state index in [0.717, 1.165) is 37.6 Å². The normalized spacial score (nSPS) is 17.0. The van der Waals surface area contributed by atoms with Crippen molar-refractivity contribution in [1.82, 2.24) is 25.1 Å². The third-order valence-corrected chi connectivity index (χ3v) is 4.64. The Balaban J connectivity index is 1.53. The molecule has 26 heavy (non-hydrogen) atoms. The van der Waals surface area contributed by atoms with Crippen molar-refractivity contribution >= 4 is 17.7 Å². The highest BCUT2D eigenvalue weighted by molar-refractivity contribution is 5.91. The Labute approximate surface area is 152 Å². The van der Waals surface area contributed by atoms with Crippen LogP contribution in [0.2, 0.25) is 0 Å². The highest BCUT2D eigenvalue weighted by Gasteiger charge is 2.22. The van der Waals surface area contributed by atoms with E-state index >= 15 is 0 Å². The fourth-order valence-electron chi connectivity index (χ4n) is 3.13. The van der Waals surface area contributed by atoms with Crippen LogP contribution in [0.3, 0.4) is 0 Å². The fourth-order valence-corrected chi connectivity index (χ4v) is 3.13. The number of piperidine rings is 1. The van der Waals surface area contributed by atoms with Gasteiger partial charge in [-0.3, -0.25) is 4.68 Å². The van der Waals surface area contributed by atoms with Crippen LogP contribution in [0, 0.1) is 12.8 Å². The van der Waals surface area contributed by atoms with E-state index in [9.17, 15) is 4.79 Å². The van der Waals surface area contributed by atoms with Gasteiger partial charge in [0.1, 0.15) is 5.69 Å². The number of hydrogen-bond acceptors (Lipinski definition) is 6. The first-order valence-corrected chi connectivity index (χ1v) is 8.73. The molecule has 0 radical (unpaired) electrons. The first-order chi connectivity index (χ1) is 12.6. The summed E-state index contributed by atoms with van der Waals surface area (Å²) in [6.45, 7) is 4.25. The Kier molecular flexibility index (Phi) is 5.55. The molecule has 1 atom stereocenters. The lowest BCUT2D eigenvalue weighted by molar-refractivity contribution is 0.249. The lowest BCUT2D eigenvalue weighted by Gasteiger charge is -2.32. The average Bonchev–Trinajstić information content (AvgIpc) is 2.95. The zero-order valence-corrected chi connectivity index (χ0v) is 15.4. The van der Waals surface area contributed by atoms with Gasteiger partial charge in [-0.1, -0.05) is 0 Å². The molecule has 2 aromatic heterocycles. The molecule has 0 aliphatic carbocycles. The van der Waals surface area contributed by atoms with Gasteiger partial charge in [0.05, 0.1) is 12.8 Å². The van der Waals surface area contributed by atoms with E-state index < -0.39 is 0 Å². The molecule has 9 heteroatoms. The molecule has 9 nitrogen and oxygen atoms in total. The van der Waals surface area contributed by atoms with Crippen molar-refractivity contribution in [2.45, 2.75) is 19.8 Å². The number of ether oxygens (including phenoxy) is 1. The first-order valence-electron chi connectivity index (χ1n) is 8.73. The lowest BCUT2D eigenvalue weighted by atomic mass is 9.98. The van der Waals surface area contributed by atoms with Gasteiger partial charge in [0.25, 0.3) is 5.88 Å². The number of amides is 2. The Morgan fingerprint density at radius 3 is 2.88 bits per heavy atom. The average molecular weight is 359 g/mol. The standard InChI is InChI=1S/C17H25N7O2/c1-12-14(15(26-3)22-23(12)2)21-17(25)20-10-13-6-4-9-24(11-13)16-18-7-5-8-19-16/h5,7-8,13H,4,6,9-11H2,1-3H3,(H2,20,21,25). The summed E-state index contributed by atoms with van der Waals surface area (Å²) in [5, 5.41) is 9.99. The van der Waals surface area contributed by atoms with E-state index in [1.165, 1.54) is 7.11 Å². The molecule has 140 valence electrons. The minimum atomic E-state index is -0.257. The number of rotatable bonds is 5. The van der Waals surface area contributed by atoms with Gasteiger partial charge in [0, 0.05) is 39.1 Å².